The summed E-state index contributed by atoms with van der Waals surface area (Å²) in [5.41, 5.74) is 0. The van der Waals surface area contributed by atoms with Crippen molar-refractivity contribution in [3.63, 3.8) is 0 Å². The number of ether oxygens (including phenoxy) is 7. The molecule has 0 aliphatic heterocycles. The van der Waals surface area contributed by atoms with E-state index in [0.717, 1.165) is 24.5 Å². The second-order valence-electron chi connectivity index (χ2n) is 5.09. The maximum absolute atomic E-state index is 5.40. The fourth-order valence-electron chi connectivity index (χ4n) is 1.65. The Morgan fingerprint density at radius 1 is 0.308 bits per heavy atom. The molecule has 0 bridgehead atoms. The van der Waals surface area contributed by atoms with Crippen molar-refractivity contribution < 1.29 is 33.2 Å². The molecule has 0 spiro atoms. The van der Waals surface area contributed by atoms with E-state index in [1.165, 1.54) is 0 Å². The van der Waals surface area contributed by atoms with Gasteiger partial charge < -0.3 is 33.2 Å². The highest BCUT2D eigenvalue weighted by molar-refractivity contribution is 7.80. The van der Waals surface area contributed by atoms with Crippen molar-refractivity contribution in [2.45, 2.75) is 6.42 Å². The van der Waals surface area contributed by atoms with Gasteiger partial charge in [0.2, 0.25) is 0 Å². The van der Waals surface area contributed by atoms with Gasteiger partial charge >= 0.3 is 0 Å². The van der Waals surface area contributed by atoms with E-state index in [0.29, 0.717) is 85.9 Å². The summed E-state index contributed by atoms with van der Waals surface area (Å²) < 4.78 is 37.5. The highest BCUT2D eigenvalue weighted by atomic mass is 32.1. The number of hydrogen-bond acceptors (Lipinski definition) is 9. The SMILES string of the molecule is SCCCOCCOCCOCCOCCOCCOCCOCCS. The highest BCUT2D eigenvalue weighted by Gasteiger charge is 1.94. The Bertz CT molecular complexity index is 227. The first-order chi connectivity index (χ1) is 12.9. The summed E-state index contributed by atoms with van der Waals surface area (Å²) in [5, 5.41) is 0. The molecule has 0 saturated heterocycles. The average molecular weight is 417 g/mol. The highest BCUT2D eigenvalue weighted by Crippen LogP contribution is 1.87. The average Bonchev–Trinajstić information content (AvgIpc) is 2.66. The lowest BCUT2D eigenvalue weighted by atomic mass is 10.5. The smallest absolute Gasteiger partial charge is 0.0701 e. The Kier molecular flexibility index (Phi) is 25.8. The lowest BCUT2D eigenvalue weighted by molar-refractivity contribution is -0.0200. The van der Waals surface area contributed by atoms with Crippen molar-refractivity contribution in [1.29, 1.82) is 0 Å². The molecule has 0 aliphatic carbocycles. The van der Waals surface area contributed by atoms with Gasteiger partial charge in [-0.05, 0) is 12.2 Å². The zero-order valence-electron chi connectivity index (χ0n) is 15.8. The lowest BCUT2D eigenvalue weighted by Gasteiger charge is -2.08. The van der Waals surface area contributed by atoms with Crippen molar-refractivity contribution in [3.05, 3.63) is 0 Å². The fraction of sp³-hybridized carbons (Fsp3) is 1.00. The third-order valence-electron chi connectivity index (χ3n) is 2.91. The second kappa shape index (κ2) is 25.4. The quantitative estimate of drug-likeness (QED) is 0.193. The first-order valence-electron chi connectivity index (χ1n) is 9.17. The van der Waals surface area contributed by atoms with Gasteiger partial charge in [0.25, 0.3) is 0 Å². The Hall–Kier alpha value is 0.420. The molecule has 26 heavy (non-hydrogen) atoms. The van der Waals surface area contributed by atoms with E-state index in [4.69, 9.17) is 33.2 Å². The fourth-order valence-corrected chi connectivity index (χ4v) is 1.91. The van der Waals surface area contributed by atoms with Gasteiger partial charge in [0.05, 0.1) is 85.9 Å². The molecule has 0 radical (unpaired) electrons. The Morgan fingerprint density at radius 2 is 0.577 bits per heavy atom. The molecule has 158 valence electrons. The van der Waals surface area contributed by atoms with Crippen molar-refractivity contribution in [2.75, 3.05) is 104 Å². The van der Waals surface area contributed by atoms with Crippen LogP contribution in [0.5, 0.6) is 0 Å². The van der Waals surface area contributed by atoms with Gasteiger partial charge in [0.15, 0.2) is 0 Å². The molecule has 0 fully saturated rings. The zero-order valence-corrected chi connectivity index (χ0v) is 17.6. The molecular formula is C17H36O7S2. The standard InChI is InChI=1S/C17H36O7S2/c25-16-1-2-18-3-4-19-5-6-20-7-8-21-9-10-22-11-12-23-13-14-24-15-17-26/h25-26H,1-17H2. The van der Waals surface area contributed by atoms with Gasteiger partial charge in [-0.25, -0.2) is 0 Å². The van der Waals surface area contributed by atoms with Crippen LogP contribution in [0.25, 0.3) is 0 Å². The van der Waals surface area contributed by atoms with Crippen LogP contribution in [-0.2, 0) is 33.2 Å². The van der Waals surface area contributed by atoms with Gasteiger partial charge in [0.1, 0.15) is 0 Å². The summed E-state index contributed by atoms with van der Waals surface area (Å²) in [6.45, 7) is 8.24. The third kappa shape index (κ3) is 24.4. The van der Waals surface area contributed by atoms with Crippen LogP contribution in [0.4, 0.5) is 0 Å². The van der Waals surface area contributed by atoms with E-state index < -0.39 is 0 Å². The van der Waals surface area contributed by atoms with Crippen LogP contribution in [0.3, 0.4) is 0 Å². The van der Waals surface area contributed by atoms with Gasteiger partial charge in [-0.1, -0.05) is 0 Å². The Labute approximate surface area is 169 Å². The van der Waals surface area contributed by atoms with Crippen LogP contribution >= 0.6 is 25.3 Å². The maximum Gasteiger partial charge on any atom is 0.0701 e. The van der Waals surface area contributed by atoms with Crippen LogP contribution in [0.15, 0.2) is 0 Å². The summed E-state index contributed by atoms with van der Waals surface area (Å²) >= 11 is 8.16. The summed E-state index contributed by atoms with van der Waals surface area (Å²) in [7, 11) is 0. The molecule has 7 nitrogen and oxygen atoms in total. The van der Waals surface area contributed by atoms with Crippen LogP contribution in [0, 0.1) is 0 Å². The second-order valence-corrected chi connectivity index (χ2v) is 5.98. The molecule has 0 N–H and O–H groups in total. The van der Waals surface area contributed by atoms with Crippen LogP contribution in [-0.4, -0.2) is 104 Å². The molecule has 0 saturated carbocycles. The third-order valence-corrected chi connectivity index (χ3v) is 3.41. The molecule has 9 heteroatoms. The van der Waals surface area contributed by atoms with Crippen molar-refractivity contribution >= 4 is 25.3 Å². The van der Waals surface area contributed by atoms with Crippen molar-refractivity contribution in [3.8, 4) is 0 Å². The topological polar surface area (TPSA) is 64.6 Å². The van der Waals surface area contributed by atoms with E-state index in [2.05, 4.69) is 25.3 Å². The number of thiol groups is 2. The van der Waals surface area contributed by atoms with Gasteiger partial charge in [-0.2, -0.15) is 25.3 Å². The lowest BCUT2D eigenvalue weighted by Crippen LogP contribution is -2.14. The number of rotatable bonds is 23. The normalized spacial score (nSPS) is 11.3. The molecule has 0 amide bonds. The summed E-state index contributed by atoms with van der Waals surface area (Å²) in [5.74, 6) is 1.58. The predicted molar refractivity (Wildman–Crippen MR) is 108 cm³/mol. The van der Waals surface area contributed by atoms with Crippen molar-refractivity contribution in [1.82, 2.24) is 0 Å². The van der Waals surface area contributed by atoms with E-state index in [1.54, 1.807) is 0 Å². The molecule has 0 heterocycles. The van der Waals surface area contributed by atoms with Crippen LogP contribution in [0.2, 0.25) is 0 Å². The number of hydrogen-bond donors (Lipinski definition) is 2. The van der Waals surface area contributed by atoms with E-state index in [1.807, 2.05) is 0 Å². The van der Waals surface area contributed by atoms with Gasteiger partial charge in [-0.3, -0.25) is 0 Å². The monoisotopic (exact) mass is 416 g/mol. The van der Waals surface area contributed by atoms with Crippen LogP contribution in [0.1, 0.15) is 6.42 Å². The van der Waals surface area contributed by atoms with Crippen LogP contribution < -0.4 is 0 Å². The molecule has 0 rings (SSSR count). The summed E-state index contributed by atoms with van der Waals surface area (Å²) in [6.07, 6.45) is 0.970. The minimum atomic E-state index is 0.550. The van der Waals surface area contributed by atoms with E-state index >= 15 is 0 Å². The minimum Gasteiger partial charge on any atom is -0.379 e. The Morgan fingerprint density at radius 3 is 0.846 bits per heavy atom. The molecule has 0 aromatic rings. The summed E-state index contributed by atoms with van der Waals surface area (Å²) in [4.78, 5) is 0. The zero-order chi connectivity index (χ0) is 19.0. The molecule has 0 unspecified atom stereocenters. The molecule has 0 aromatic heterocycles. The molecular weight excluding hydrogens is 380 g/mol. The van der Waals surface area contributed by atoms with E-state index in [9.17, 15) is 0 Å². The Balaban J connectivity index is 2.95. The molecule has 0 aliphatic rings. The van der Waals surface area contributed by atoms with E-state index in [-0.39, 0.29) is 0 Å². The van der Waals surface area contributed by atoms with Crippen molar-refractivity contribution in [2.24, 2.45) is 0 Å². The predicted octanol–water partition coefficient (Wildman–Crippen LogP) is 1.35. The maximum atomic E-state index is 5.40. The first kappa shape index (κ1) is 26.4. The minimum absolute atomic E-state index is 0.550. The van der Waals surface area contributed by atoms with Gasteiger partial charge in [0, 0.05) is 12.4 Å². The largest absolute Gasteiger partial charge is 0.379 e. The molecule has 0 aromatic carbocycles. The van der Waals surface area contributed by atoms with Gasteiger partial charge in [-0.15, -0.1) is 0 Å². The first-order valence-corrected chi connectivity index (χ1v) is 10.4. The summed E-state index contributed by atoms with van der Waals surface area (Å²) in [6, 6.07) is 0. The molecule has 0 atom stereocenters.